The van der Waals surface area contributed by atoms with Crippen LogP contribution < -0.4 is 5.73 Å². The lowest BCUT2D eigenvalue weighted by Gasteiger charge is -2.12. The van der Waals surface area contributed by atoms with E-state index in [2.05, 4.69) is 9.97 Å². The van der Waals surface area contributed by atoms with Gasteiger partial charge in [-0.3, -0.25) is 9.36 Å². The van der Waals surface area contributed by atoms with Crippen molar-refractivity contribution in [3.05, 3.63) is 35.7 Å². The van der Waals surface area contributed by atoms with Gasteiger partial charge in [-0.05, 0) is 12.1 Å². The number of fused-ring (bicyclic) bond motifs is 1. The summed E-state index contributed by atoms with van der Waals surface area (Å²) in [4.78, 5) is 37.5. The Balaban J connectivity index is 2.50. The minimum absolute atomic E-state index is 0.0683. The number of hydrogen-bond donors (Lipinski definition) is 4. The molecular formula is C12H14N3O5P. The predicted molar refractivity (Wildman–Crippen MR) is 74.6 cm³/mol. The number of nitrogens with two attached hydrogens (primary N) is 1. The number of hydrogen-bond acceptors (Lipinski definition) is 5. The zero-order valence-electron chi connectivity index (χ0n) is 10.9. The monoisotopic (exact) mass is 311 g/mol. The molecule has 0 amide bonds. The summed E-state index contributed by atoms with van der Waals surface area (Å²) in [6, 6.07) is 5.59. The van der Waals surface area contributed by atoms with Gasteiger partial charge in [0.2, 0.25) is 0 Å². The molecule has 0 aliphatic carbocycles. The summed E-state index contributed by atoms with van der Waals surface area (Å²) < 4.78 is 11.2. The molecule has 0 radical (unpaired) electrons. The number of aromatic nitrogens is 2. The summed E-state index contributed by atoms with van der Waals surface area (Å²) in [5.41, 5.74) is 6.71. The minimum atomic E-state index is -4.35. The standard InChI is InChI=1S/C12H14N3O5P/c13-7(12(16)17)5-10-11(6-21(18,19)20)15-9-4-2-1-3-8(9)14-10/h1-4,7H,5-6,13H2,(H,16,17)(H2,18,19,20). The second-order valence-electron chi connectivity index (χ2n) is 4.58. The molecule has 0 fully saturated rings. The number of rotatable bonds is 5. The average Bonchev–Trinajstić information content (AvgIpc) is 2.37. The summed E-state index contributed by atoms with van der Waals surface area (Å²) in [6.07, 6.45) is -0.755. The number of carboxylic acids is 1. The van der Waals surface area contributed by atoms with Crippen LogP contribution in [-0.2, 0) is 21.9 Å². The largest absolute Gasteiger partial charge is 0.480 e. The van der Waals surface area contributed by atoms with Crippen molar-refractivity contribution in [1.82, 2.24) is 9.97 Å². The van der Waals surface area contributed by atoms with Crippen molar-refractivity contribution in [2.24, 2.45) is 5.73 Å². The van der Waals surface area contributed by atoms with Gasteiger partial charge in [-0.2, -0.15) is 0 Å². The molecule has 1 heterocycles. The third-order valence-corrected chi connectivity index (χ3v) is 3.52. The first kappa shape index (κ1) is 15.5. The molecule has 1 atom stereocenters. The van der Waals surface area contributed by atoms with Crippen LogP contribution in [0.4, 0.5) is 0 Å². The topological polar surface area (TPSA) is 147 Å². The fourth-order valence-corrected chi connectivity index (χ4v) is 2.50. The van der Waals surface area contributed by atoms with Crippen LogP contribution in [0.1, 0.15) is 11.4 Å². The highest BCUT2D eigenvalue weighted by molar-refractivity contribution is 7.50. The Morgan fingerprint density at radius 2 is 1.71 bits per heavy atom. The van der Waals surface area contributed by atoms with Gasteiger partial charge in [0.1, 0.15) is 6.04 Å². The highest BCUT2D eigenvalue weighted by atomic mass is 31.2. The van der Waals surface area contributed by atoms with E-state index < -0.39 is 25.8 Å². The van der Waals surface area contributed by atoms with Crippen LogP contribution >= 0.6 is 7.60 Å². The van der Waals surface area contributed by atoms with E-state index in [4.69, 9.17) is 20.6 Å². The van der Waals surface area contributed by atoms with Crippen molar-refractivity contribution in [3.8, 4) is 0 Å². The lowest BCUT2D eigenvalue weighted by Crippen LogP contribution is -2.33. The Morgan fingerprint density at radius 3 is 2.19 bits per heavy atom. The molecule has 0 saturated carbocycles. The first-order valence-electron chi connectivity index (χ1n) is 6.04. The molecule has 2 aromatic rings. The van der Waals surface area contributed by atoms with Gasteiger partial charge < -0.3 is 20.6 Å². The maximum Gasteiger partial charge on any atom is 0.331 e. The van der Waals surface area contributed by atoms with Crippen molar-refractivity contribution in [2.45, 2.75) is 18.6 Å². The van der Waals surface area contributed by atoms with Crippen molar-refractivity contribution in [3.63, 3.8) is 0 Å². The number of aliphatic carboxylic acids is 1. The molecule has 21 heavy (non-hydrogen) atoms. The van der Waals surface area contributed by atoms with Crippen LogP contribution in [0.15, 0.2) is 24.3 Å². The maximum atomic E-state index is 11.2. The third kappa shape index (κ3) is 4.05. The van der Waals surface area contributed by atoms with Gasteiger partial charge in [0, 0.05) is 6.42 Å². The maximum absolute atomic E-state index is 11.2. The number of carboxylic acid groups (broad SMARTS) is 1. The number of para-hydroxylation sites is 2. The molecule has 112 valence electrons. The van der Waals surface area contributed by atoms with Gasteiger partial charge in [-0.15, -0.1) is 0 Å². The highest BCUT2D eigenvalue weighted by Crippen LogP contribution is 2.39. The Bertz CT molecular complexity index is 730. The van der Waals surface area contributed by atoms with E-state index in [1.807, 2.05) is 0 Å². The van der Waals surface area contributed by atoms with Crippen LogP contribution in [0.3, 0.4) is 0 Å². The molecular weight excluding hydrogens is 297 g/mol. The van der Waals surface area contributed by atoms with E-state index in [1.165, 1.54) is 0 Å². The Kier molecular flexibility index (Phi) is 4.34. The second kappa shape index (κ2) is 5.87. The Labute approximate surface area is 119 Å². The summed E-state index contributed by atoms with van der Waals surface area (Å²) in [7, 11) is -4.35. The smallest absolute Gasteiger partial charge is 0.331 e. The minimum Gasteiger partial charge on any atom is -0.480 e. The zero-order chi connectivity index (χ0) is 15.6. The van der Waals surface area contributed by atoms with Gasteiger partial charge >= 0.3 is 13.6 Å². The molecule has 8 nitrogen and oxygen atoms in total. The van der Waals surface area contributed by atoms with Crippen molar-refractivity contribution in [1.29, 1.82) is 0 Å². The molecule has 5 N–H and O–H groups in total. The van der Waals surface area contributed by atoms with Crippen molar-refractivity contribution in [2.75, 3.05) is 0 Å². The fourth-order valence-electron chi connectivity index (χ4n) is 1.85. The van der Waals surface area contributed by atoms with Gasteiger partial charge in [-0.25, -0.2) is 9.97 Å². The predicted octanol–water partition coefficient (Wildman–Crippen LogP) is 0.262. The summed E-state index contributed by atoms with van der Waals surface area (Å²) >= 11 is 0. The Hall–Kier alpha value is -1.86. The third-order valence-electron chi connectivity index (χ3n) is 2.81. The molecule has 0 aliphatic rings. The second-order valence-corrected chi connectivity index (χ2v) is 6.22. The molecule has 1 aromatic carbocycles. The van der Waals surface area contributed by atoms with E-state index in [0.29, 0.717) is 11.0 Å². The average molecular weight is 311 g/mol. The van der Waals surface area contributed by atoms with E-state index in [1.54, 1.807) is 24.3 Å². The van der Waals surface area contributed by atoms with Gasteiger partial charge in [0.25, 0.3) is 0 Å². The van der Waals surface area contributed by atoms with E-state index >= 15 is 0 Å². The molecule has 2 rings (SSSR count). The van der Waals surface area contributed by atoms with E-state index in [-0.39, 0.29) is 17.8 Å². The molecule has 0 saturated heterocycles. The molecule has 1 aromatic heterocycles. The number of benzene rings is 1. The van der Waals surface area contributed by atoms with Crippen LogP contribution in [0.2, 0.25) is 0 Å². The number of nitrogens with zero attached hydrogens (tertiary/aromatic N) is 2. The summed E-state index contributed by atoms with van der Waals surface area (Å²) in [5, 5.41) is 8.85. The van der Waals surface area contributed by atoms with Crippen molar-refractivity contribution < 1.29 is 24.3 Å². The van der Waals surface area contributed by atoms with Gasteiger partial charge in [0.05, 0.1) is 28.6 Å². The van der Waals surface area contributed by atoms with E-state index in [0.717, 1.165) is 0 Å². The lowest BCUT2D eigenvalue weighted by atomic mass is 10.1. The molecule has 9 heteroatoms. The molecule has 0 aliphatic heterocycles. The number of carbonyl (C=O) groups is 1. The van der Waals surface area contributed by atoms with Crippen LogP contribution in [-0.4, -0.2) is 36.9 Å². The highest BCUT2D eigenvalue weighted by Gasteiger charge is 2.22. The lowest BCUT2D eigenvalue weighted by molar-refractivity contribution is -0.138. The molecule has 1 unspecified atom stereocenters. The van der Waals surface area contributed by atoms with Crippen molar-refractivity contribution >= 4 is 24.6 Å². The molecule has 0 bridgehead atoms. The first-order valence-corrected chi connectivity index (χ1v) is 7.83. The van der Waals surface area contributed by atoms with Crippen LogP contribution in [0.5, 0.6) is 0 Å². The fraction of sp³-hybridized carbons (Fsp3) is 0.250. The summed E-state index contributed by atoms with van der Waals surface area (Å²) in [6.45, 7) is 0. The first-order chi connectivity index (χ1) is 9.76. The zero-order valence-corrected chi connectivity index (χ0v) is 11.8. The SMILES string of the molecule is NC(Cc1nc2ccccc2nc1CP(=O)(O)O)C(=O)O. The molecule has 0 spiro atoms. The quantitative estimate of drug-likeness (QED) is 0.575. The Morgan fingerprint density at radius 1 is 1.19 bits per heavy atom. The van der Waals surface area contributed by atoms with Crippen LogP contribution in [0.25, 0.3) is 11.0 Å². The normalized spacial score (nSPS) is 13.3. The van der Waals surface area contributed by atoms with Crippen LogP contribution in [0, 0.1) is 0 Å². The van der Waals surface area contributed by atoms with E-state index in [9.17, 15) is 9.36 Å². The summed E-state index contributed by atoms with van der Waals surface area (Å²) in [5.74, 6) is -1.22. The van der Waals surface area contributed by atoms with Gasteiger partial charge in [0.15, 0.2) is 0 Å². The van der Waals surface area contributed by atoms with Gasteiger partial charge in [-0.1, -0.05) is 12.1 Å².